The van der Waals surface area contributed by atoms with Crippen molar-refractivity contribution in [2.75, 3.05) is 29.2 Å². The lowest BCUT2D eigenvalue weighted by atomic mass is 10.2. The normalized spacial score (nSPS) is 15.5. The van der Waals surface area contributed by atoms with Crippen LogP contribution in [-0.4, -0.2) is 56.6 Å². The summed E-state index contributed by atoms with van der Waals surface area (Å²) >= 11 is 1.35. The third-order valence-corrected chi connectivity index (χ3v) is 6.43. The number of pyridine rings is 1. The molecule has 10 heteroatoms. The molecule has 3 aromatic rings. The standard InChI is InChI=1S/C24H28N6O3S/c1-3-33-14-6-13-29-23(18-9-11-25-12-10-18)27-28-24(29)34-16-22(32)30-17(2)15-21(31)26-19-7-4-5-8-20(19)30/h4-5,7-12,17H,3,6,13-16H2,1-2H3,(H,26,31)/t17-/m0/s1. The van der Waals surface area contributed by atoms with Gasteiger partial charge in [0.1, 0.15) is 0 Å². The molecular formula is C24H28N6O3S. The first kappa shape index (κ1) is 23.9. The van der Waals surface area contributed by atoms with E-state index >= 15 is 0 Å². The van der Waals surface area contributed by atoms with Gasteiger partial charge in [0, 0.05) is 50.2 Å². The van der Waals surface area contributed by atoms with Crippen molar-refractivity contribution in [3.8, 4) is 11.4 Å². The fourth-order valence-corrected chi connectivity index (χ4v) is 4.77. The van der Waals surface area contributed by atoms with Gasteiger partial charge in [-0.2, -0.15) is 0 Å². The first-order valence-electron chi connectivity index (χ1n) is 11.3. The molecule has 0 aliphatic carbocycles. The number of thioether (sulfide) groups is 1. The molecule has 4 rings (SSSR count). The van der Waals surface area contributed by atoms with Gasteiger partial charge in [0.15, 0.2) is 11.0 Å². The van der Waals surface area contributed by atoms with E-state index in [2.05, 4.69) is 20.5 Å². The van der Waals surface area contributed by atoms with E-state index in [0.29, 0.717) is 36.3 Å². The summed E-state index contributed by atoms with van der Waals surface area (Å²) in [6.07, 6.45) is 4.48. The van der Waals surface area contributed by atoms with Crippen LogP contribution in [-0.2, 0) is 20.9 Å². The molecule has 0 fully saturated rings. The van der Waals surface area contributed by atoms with Crippen molar-refractivity contribution in [3.63, 3.8) is 0 Å². The first-order chi connectivity index (χ1) is 16.6. The van der Waals surface area contributed by atoms with Gasteiger partial charge in [-0.3, -0.25) is 14.6 Å². The maximum atomic E-state index is 13.4. The van der Waals surface area contributed by atoms with Crippen LogP contribution in [0.15, 0.2) is 53.9 Å². The molecule has 1 aliphatic rings. The van der Waals surface area contributed by atoms with Crippen LogP contribution >= 0.6 is 11.8 Å². The van der Waals surface area contributed by atoms with Crippen LogP contribution in [0.3, 0.4) is 0 Å². The van der Waals surface area contributed by atoms with E-state index in [1.54, 1.807) is 17.3 Å². The maximum Gasteiger partial charge on any atom is 0.237 e. The Hall–Kier alpha value is -3.24. The molecule has 178 valence electrons. The third-order valence-electron chi connectivity index (χ3n) is 5.48. The number of anilines is 2. The van der Waals surface area contributed by atoms with Crippen LogP contribution in [0.1, 0.15) is 26.7 Å². The van der Waals surface area contributed by atoms with E-state index in [9.17, 15) is 9.59 Å². The van der Waals surface area contributed by atoms with E-state index < -0.39 is 0 Å². The molecule has 1 aromatic carbocycles. The highest BCUT2D eigenvalue weighted by molar-refractivity contribution is 7.99. The molecular weight excluding hydrogens is 452 g/mol. The van der Waals surface area contributed by atoms with Crippen molar-refractivity contribution in [3.05, 3.63) is 48.8 Å². The molecule has 0 saturated heterocycles. The Balaban J connectivity index is 1.54. The zero-order valence-corrected chi connectivity index (χ0v) is 20.1. The van der Waals surface area contributed by atoms with E-state index in [0.717, 1.165) is 17.8 Å². The summed E-state index contributed by atoms with van der Waals surface area (Å²) in [6.45, 7) is 5.84. The van der Waals surface area contributed by atoms with Crippen LogP contribution < -0.4 is 10.2 Å². The largest absolute Gasteiger partial charge is 0.382 e. The Morgan fingerprint density at radius 3 is 2.79 bits per heavy atom. The number of nitrogens with one attached hydrogen (secondary N) is 1. The van der Waals surface area contributed by atoms with E-state index in [1.165, 1.54) is 11.8 Å². The van der Waals surface area contributed by atoms with Crippen LogP contribution in [0.2, 0.25) is 0 Å². The van der Waals surface area contributed by atoms with Crippen molar-refractivity contribution in [1.29, 1.82) is 0 Å². The van der Waals surface area contributed by atoms with Gasteiger partial charge in [-0.25, -0.2) is 0 Å². The number of hydrogen-bond donors (Lipinski definition) is 1. The van der Waals surface area contributed by atoms with E-state index in [-0.39, 0.29) is 30.0 Å². The topological polar surface area (TPSA) is 102 Å². The average molecular weight is 481 g/mol. The number of amides is 2. The molecule has 34 heavy (non-hydrogen) atoms. The van der Waals surface area contributed by atoms with Gasteiger partial charge >= 0.3 is 0 Å². The number of carbonyl (C=O) groups is 2. The summed E-state index contributed by atoms with van der Waals surface area (Å²) < 4.78 is 7.52. The number of carbonyl (C=O) groups excluding carboxylic acids is 2. The molecule has 0 radical (unpaired) electrons. The van der Waals surface area contributed by atoms with Gasteiger partial charge in [0.25, 0.3) is 0 Å². The van der Waals surface area contributed by atoms with E-state index in [1.807, 2.05) is 54.8 Å². The number of fused-ring (bicyclic) bond motifs is 1. The summed E-state index contributed by atoms with van der Waals surface area (Å²) in [5.41, 5.74) is 2.27. The summed E-state index contributed by atoms with van der Waals surface area (Å²) in [5, 5.41) is 12.3. The number of ether oxygens (including phenoxy) is 1. The summed E-state index contributed by atoms with van der Waals surface area (Å²) in [7, 11) is 0. The molecule has 1 atom stereocenters. The summed E-state index contributed by atoms with van der Waals surface area (Å²) in [4.78, 5) is 31.4. The molecule has 1 aliphatic heterocycles. The molecule has 0 unspecified atom stereocenters. The summed E-state index contributed by atoms with van der Waals surface area (Å²) in [5.74, 6) is 0.721. The SMILES string of the molecule is CCOCCCn1c(SCC(=O)N2c3ccccc3NC(=O)C[C@@H]2C)nnc1-c1ccncc1. The average Bonchev–Trinajstić information content (AvgIpc) is 3.19. The van der Waals surface area contributed by atoms with Crippen molar-refractivity contribution >= 4 is 35.0 Å². The molecule has 1 N–H and O–H groups in total. The van der Waals surface area contributed by atoms with Gasteiger partial charge < -0.3 is 19.5 Å². The predicted octanol–water partition coefficient (Wildman–Crippen LogP) is 3.62. The zero-order chi connectivity index (χ0) is 23.9. The Kier molecular flexibility index (Phi) is 7.91. The monoisotopic (exact) mass is 480 g/mol. The number of nitrogens with zero attached hydrogens (tertiary/aromatic N) is 5. The van der Waals surface area contributed by atoms with Crippen molar-refractivity contribution in [2.24, 2.45) is 0 Å². The highest BCUT2D eigenvalue weighted by Crippen LogP contribution is 2.32. The molecule has 9 nitrogen and oxygen atoms in total. The number of benzene rings is 1. The first-order valence-corrected chi connectivity index (χ1v) is 12.3. The van der Waals surface area contributed by atoms with Crippen LogP contribution in [0.4, 0.5) is 11.4 Å². The third kappa shape index (κ3) is 5.45. The highest BCUT2D eigenvalue weighted by Gasteiger charge is 2.30. The van der Waals surface area contributed by atoms with Crippen LogP contribution in [0.25, 0.3) is 11.4 Å². The molecule has 3 heterocycles. The lowest BCUT2D eigenvalue weighted by Crippen LogP contribution is -2.40. The molecule has 0 bridgehead atoms. The van der Waals surface area contributed by atoms with Gasteiger partial charge in [-0.1, -0.05) is 23.9 Å². The van der Waals surface area contributed by atoms with Crippen molar-refractivity contribution in [2.45, 2.75) is 44.4 Å². The summed E-state index contributed by atoms with van der Waals surface area (Å²) in [6, 6.07) is 10.9. The second-order valence-electron chi connectivity index (χ2n) is 7.92. The van der Waals surface area contributed by atoms with Gasteiger partial charge in [-0.05, 0) is 44.5 Å². The Bertz CT molecular complexity index is 1140. The highest BCUT2D eigenvalue weighted by atomic mass is 32.2. The quantitative estimate of drug-likeness (QED) is 0.369. The van der Waals surface area contributed by atoms with Crippen LogP contribution in [0, 0.1) is 0 Å². The van der Waals surface area contributed by atoms with Gasteiger partial charge in [0.2, 0.25) is 11.8 Å². The van der Waals surface area contributed by atoms with Gasteiger partial charge in [-0.15, -0.1) is 10.2 Å². The van der Waals surface area contributed by atoms with Crippen LogP contribution in [0.5, 0.6) is 0 Å². The number of aromatic nitrogens is 4. The smallest absolute Gasteiger partial charge is 0.237 e. The zero-order valence-electron chi connectivity index (χ0n) is 19.3. The lowest BCUT2D eigenvalue weighted by molar-refractivity contribution is -0.117. The minimum atomic E-state index is -0.256. The Morgan fingerprint density at radius 1 is 1.21 bits per heavy atom. The molecule has 0 saturated carbocycles. The predicted molar refractivity (Wildman–Crippen MR) is 132 cm³/mol. The number of hydrogen-bond acceptors (Lipinski definition) is 7. The minimum Gasteiger partial charge on any atom is -0.382 e. The second kappa shape index (κ2) is 11.3. The molecule has 2 aromatic heterocycles. The second-order valence-corrected chi connectivity index (χ2v) is 8.86. The fourth-order valence-electron chi connectivity index (χ4n) is 3.94. The Labute approximate surface area is 202 Å². The molecule has 0 spiro atoms. The maximum absolute atomic E-state index is 13.4. The Morgan fingerprint density at radius 2 is 2.00 bits per heavy atom. The van der Waals surface area contributed by atoms with E-state index in [4.69, 9.17) is 4.74 Å². The minimum absolute atomic E-state index is 0.0872. The fraction of sp³-hybridized carbons (Fsp3) is 0.375. The van der Waals surface area contributed by atoms with Gasteiger partial charge in [0.05, 0.1) is 17.1 Å². The number of rotatable bonds is 9. The van der Waals surface area contributed by atoms with Crippen molar-refractivity contribution < 1.29 is 14.3 Å². The van der Waals surface area contributed by atoms with Crippen molar-refractivity contribution in [1.82, 2.24) is 19.7 Å². The number of para-hydroxylation sites is 2. The molecule has 2 amide bonds. The lowest BCUT2D eigenvalue weighted by Gasteiger charge is -2.27.